The third kappa shape index (κ3) is 11.0. The summed E-state index contributed by atoms with van der Waals surface area (Å²) in [6.07, 6.45) is 9.67. The Morgan fingerprint density at radius 2 is 0.935 bits per heavy atom. The molecule has 11 heteroatoms. The molecule has 0 unspecified atom stereocenters. The van der Waals surface area contributed by atoms with Crippen LogP contribution in [0, 0.1) is 0 Å². The molecule has 0 aliphatic heterocycles. The molecule has 0 saturated carbocycles. The largest absolute Gasteiger partial charge is 1.00 e. The zero-order valence-corrected chi connectivity index (χ0v) is 30.5. The van der Waals surface area contributed by atoms with Crippen LogP contribution < -0.4 is 37.2 Å². The van der Waals surface area contributed by atoms with E-state index in [1.165, 1.54) is 38.5 Å². The summed E-state index contributed by atoms with van der Waals surface area (Å²) in [6.45, 7) is 8.81. The van der Waals surface area contributed by atoms with Crippen molar-refractivity contribution in [2.24, 2.45) is 0 Å². The number of hydrogen-bond donors (Lipinski definition) is 0. The minimum Gasteiger partial charge on any atom is -1.00 e. The number of benzene rings is 2. The SMILES string of the molecule is CCCCCCOCCn1c(-c2cccc(-c3nc4ccccc4n3CCOCCCCCC)n2)nc2ccccc21.[Cl-].[Cl-].[Cl-].[V]. The van der Waals surface area contributed by atoms with Gasteiger partial charge in [0.05, 0.1) is 35.3 Å². The Kier molecular flexibility index (Phi) is 20.5. The van der Waals surface area contributed by atoms with E-state index < -0.39 is 0 Å². The van der Waals surface area contributed by atoms with E-state index in [-0.39, 0.29) is 55.8 Å². The molecule has 3 aromatic heterocycles. The fourth-order valence-corrected chi connectivity index (χ4v) is 5.46. The second-order valence-electron chi connectivity index (χ2n) is 10.9. The van der Waals surface area contributed by atoms with Crippen LogP contribution in [0.5, 0.6) is 0 Å². The average Bonchev–Trinajstić information content (AvgIpc) is 3.59. The predicted molar refractivity (Wildman–Crippen MR) is 172 cm³/mol. The van der Waals surface area contributed by atoms with Crippen molar-refractivity contribution in [3.63, 3.8) is 0 Å². The molecule has 0 bridgehead atoms. The Bertz CT molecular complexity index is 1450. The summed E-state index contributed by atoms with van der Waals surface area (Å²) in [5, 5.41) is 0. The number of para-hydroxylation sites is 4. The molecule has 0 saturated heterocycles. The first-order chi connectivity index (χ1) is 20.8. The van der Waals surface area contributed by atoms with Gasteiger partial charge in [0.1, 0.15) is 11.4 Å². The van der Waals surface area contributed by atoms with Crippen molar-refractivity contribution in [3.05, 3.63) is 66.7 Å². The van der Waals surface area contributed by atoms with Crippen LogP contribution in [0.15, 0.2) is 66.7 Å². The number of ether oxygens (including phenoxy) is 2. The summed E-state index contributed by atoms with van der Waals surface area (Å²) < 4.78 is 16.5. The van der Waals surface area contributed by atoms with Crippen molar-refractivity contribution < 1.29 is 65.3 Å². The van der Waals surface area contributed by atoms with Gasteiger partial charge in [0.25, 0.3) is 0 Å². The molecule has 0 amide bonds. The van der Waals surface area contributed by atoms with Gasteiger partial charge in [-0.1, -0.05) is 82.7 Å². The van der Waals surface area contributed by atoms with Gasteiger partial charge in [-0.2, -0.15) is 0 Å². The van der Waals surface area contributed by atoms with E-state index in [9.17, 15) is 0 Å². The number of unbranched alkanes of at least 4 members (excludes halogenated alkanes) is 6. The summed E-state index contributed by atoms with van der Waals surface area (Å²) in [5.74, 6) is 1.71. The maximum Gasteiger partial charge on any atom is 0.159 e. The summed E-state index contributed by atoms with van der Waals surface area (Å²) >= 11 is 0. The normalized spacial score (nSPS) is 10.7. The Morgan fingerprint density at radius 3 is 1.37 bits per heavy atom. The van der Waals surface area contributed by atoms with Crippen molar-refractivity contribution >= 4 is 22.1 Å². The third-order valence-electron chi connectivity index (χ3n) is 7.72. The van der Waals surface area contributed by atoms with Crippen molar-refractivity contribution in [3.8, 4) is 23.0 Å². The summed E-state index contributed by atoms with van der Waals surface area (Å²) in [5.41, 5.74) is 5.78. The van der Waals surface area contributed by atoms with Crippen LogP contribution in [0.1, 0.15) is 65.2 Å². The first-order valence-corrected chi connectivity index (χ1v) is 15.8. The molecule has 46 heavy (non-hydrogen) atoms. The number of rotatable bonds is 18. The predicted octanol–water partition coefficient (Wildman–Crippen LogP) is -0.682. The number of hydrogen-bond acceptors (Lipinski definition) is 5. The van der Waals surface area contributed by atoms with E-state index in [4.69, 9.17) is 24.4 Å². The summed E-state index contributed by atoms with van der Waals surface area (Å²) in [7, 11) is 0. The van der Waals surface area contributed by atoms with Crippen molar-refractivity contribution in [1.82, 2.24) is 24.1 Å². The molecule has 2 aromatic carbocycles. The van der Waals surface area contributed by atoms with Crippen molar-refractivity contribution in [2.75, 3.05) is 26.4 Å². The van der Waals surface area contributed by atoms with Gasteiger partial charge in [-0.3, -0.25) is 0 Å². The van der Waals surface area contributed by atoms with Gasteiger partial charge in [0.15, 0.2) is 11.6 Å². The maximum absolute atomic E-state index is 6.02. The Labute approximate surface area is 304 Å². The van der Waals surface area contributed by atoms with E-state index >= 15 is 0 Å². The fourth-order valence-electron chi connectivity index (χ4n) is 5.46. The van der Waals surface area contributed by atoms with E-state index in [1.54, 1.807) is 0 Å². The molecule has 251 valence electrons. The topological polar surface area (TPSA) is 67.0 Å². The molecule has 5 rings (SSSR count). The first-order valence-electron chi connectivity index (χ1n) is 15.8. The number of pyridine rings is 1. The third-order valence-corrected chi connectivity index (χ3v) is 7.72. The minimum absolute atomic E-state index is 0. The second kappa shape index (κ2) is 22.5. The molecule has 0 aliphatic rings. The standard InChI is InChI=1S/C35H45N5O2.3ClH.V/c1-3-5-7-13-24-41-26-22-39-32-20-11-9-16-28(32)37-34(39)30-18-15-19-31(36-30)35-38-29-17-10-12-21-33(29)40(35)23-27-42-25-14-8-6-4-2;;;;/h9-12,15-21H,3-8,13-14,22-27H2,1-2H3;3*1H;/p-3. The quantitative estimate of drug-likeness (QED) is 0.112. The zero-order valence-electron chi connectivity index (χ0n) is 26.9. The molecular weight excluding hydrogens is 680 g/mol. The van der Waals surface area contributed by atoms with E-state index in [0.29, 0.717) is 13.2 Å². The first kappa shape index (κ1) is 41.9. The van der Waals surface area contributed by atoms with Crippen LogP contribution in [0.25, 0.3) is 45.1 Å². The van der Waals surface area contributed by atoms with Crippen molar-refractivity contribution in [2.45, 2.75) is 78.3 Å². The second-order valence-corrected chi connectivity index (χ2v) is 10.9. The number of imidazole rings is 2. The molecule has 0 N–H and O–H groups in total. The molecule has 0 spiro atoms. The van der Waals surface area contributed by atoms with Crippen LogP contribution in [-0.4, -0.2) is 50.5 Å². The van der Waals surface area contributed by atoms with Crippen LogP contribution in [0.3, 0.4) is 0 Å². The van der Waals surface area contributed by atoms with Crippen LogP contribution in [-0.2, 0) is 41.1 Å². The zero-order chi connectivity index (χ0) is 29.0. The fraction of sp³-hybridized carbons (Fsp3) is 0.457. The average molecular weight is 725 g/mol. The molecule has 0 aliphatic carbocycles. The maximum atomic E-state index is 6.02. The molecule has 5 aromatic rings. The smallest absolute Gasteiger partial charge is 0.159 e. The van der Waals surface area contributed by atoms with Gasteiger partial charge in [-0.05, 0) is 49.2 Å². The summed E-state index contributed by atoms with van der Waals surface area (Å²) in [6, 6.07) is 22.7. The van der Waals surface area contributed by atoms with Gasteiger partial charge in [-0.25, -0.2) is 15.0 Å². The molecule has 3 heterocycles. The van der Waals surface area contributed by atoms with Gasteiger partial charge in [0, 0.05) is 44.9 Å². The minimum atomic E-state index is 0. The van der Waals surface area contributed by atoms with Crippen LogP contribution in [0.4, 0.5) is 0 Å². The van der Waals surface area contributed by atoms with E-state index in [0.717, 1.165) is 84.2 Å². The number of nitrogens with zero attached hydrogens (tertiary/aromatic N) is 5. The molecule has 0 atom stereocenters. The Hall–Kier alpha value is -2.10. The molecular formula is C35H45Cl3N5O2V-3. The molecule has 0 fully saturated rings. The van der Waals surface area contributed by atoms with Gasteiger partial charge in [-0.15, -0.1) is 0 Å². The van der Waals surface area contributed by atoms with Crippen molar-refractivity contribution in [1.29, 1.82) is 0 Å². The van der Waals surface area contributed by atoms with Gasteiger partial charge in [0.2, 0.25) is 0 Å². The number of halogens is 3. The molecule has 1 radical (unpaired) electrons. The number of aromatic nitrogens is 5. The van der Waals surface area contributed by atoms with E-state index in [2.05, 4.69) is 65.4 Å². The molecule has 7 nitrogen and oxygen atoms in total. The van der Waals surface area contributed by atoms with Crippen LogP contribution >= 0.6 is 0 Å². The number of fused-ring (bicyclic) bond motifs is 2. The summed E-state index contributed by atoms with van der Waals surface area (Å²) in [4.78, 5) is 15.2. The Morgan fingerprint density at radius 1 is 0.500 bits per heavy atom. The van der Waals surface area contributed by atoms with Gasteiger partial charge >= 0.3 is 0 Å². The van der Waals surface area contributed by atoms with E-state index in [1.807, 2.05) is 24.3 Å². The Balaban J connectivity index is 0.00000264. The van der Waals surface area contributed by atoms with Gasteiger partial charge < -0.3 is 55.8 Å². The van der Waals surface area contributed by atoms with Crippen LogP contribution in [0.2, 0.25) is 0 Å². The monoisotopic (exact) mass is 723 g/mol.